The number of rotatable bonds is 6. The number of nitrogens with zero attached hydrogens (tertiary/aromatic N) is 2. The van der Waals surface area contributed by atoms with Crippen LogP contribution in [0.15, 0.2) is 41.6 Å². The van der Waals surface area contributed by atoms with Crippen LogP contribution in [0.4, 0.5) is 5.69 Å². The molecule has 6 nitrogen and oxygen atoms in total. The van der Waals surface area contributed by atoms with Gasteiger partial charge < -0.3 is 5.32 Å². The zero-order chi connectivity index (χ0) is 15.5. The molecule has 0 fully saturated rings. The van der Waals surface area contributed by atoms with Crippen molar-refractivity contribution in [1.29, 1.82) is 0 Å². The maximum atomic E-state index is 12.2. The monoisotopic (exact) mass is 308 g/mol. The minimum Gasteiger partial charge on any atom is -0.310 e. The SMILES string of the molecule is CCNC(C)c1ccc(NS(=O)(=O)c2ccnn2C)cc1. The molecule has 1 aromatic carbocycles. The first-order chi connectivity index (χ1) is 9.94. The predicted octanol–water partition coefficient (Wildman–Crippen LogP) is 1.89. The lowest BCUT2D eigenvalue weighted by molar-refractivity contribution is 0.582. The number of aryl methyl sites for hydroxylation is 1. The summed E-state index contributed by atoms with van der Waals surface area (Å²) in [4.78, 5) is 0. The average Bonchev–Trinajstić information content (AvgIpc) is 2.86. The van der Waals surface area contributed by atoms with Gasteiger partial charge in [0.05, 0.1) is 6.20 Å². The highest BCUT2D eigenvalue weighted by molar-refractivity contribution is 7.92. The first-order valence-corrected chi connectivity index (χ1v) is 8.26. The van der Waals surface area contributed by atoms with Gasteiger partial charge in [-0.2, -0.15) is 13.5 Å². The number of sulfonamides is 1. The van der Waals surface area contributed by atoms with Crippen molar-refractivity contribution in [3.63, 3.8) is 0 Å². The second-order valence-corrected chi connectivity index (χ2v) is 6.43. The van der Waals surface area contributed by atoms with Crippen molar-refractivity contribution < 1.29 is 8.42 Å². The largest absolute Gasteiger partial charge is 0.310 e. The van der Waals surface area contributed by atoms with Crippen LogP contribution in [-0.4, -0.2) is 24.7 Å². The Bertz CT molecular complexity index is 692. The van der Waals surface area contributed by atoms with E-state index in [2.05, 4.69) is 22.1 Å². The molecule has 2 aromatic rings. The Hall–Kier alpha value is -1.86. The van der Waals surface area contributed by atoms with Gasteiger partial charge >= 0.3 is 0 Å². The van der Waals surface area contributed by atoms with E-state index in [0.29, 0.717) is 5.69 Å². The topological polar surface area (TPSA) is 76.0 Å². The van der Waals surface area contributed by atoms with Gasteiger partial charge in [-0.25, -0.2) is 0 Å². The second-order valence-electron chi connectivity index (χ2n) is 4.80. The Balaban J connectivity index is 2.15. The molecule has 114 valence electrons. The number of hydrogen-bond donors (Lipinski definition) is 2. The van der Waals surface area contributed by atoms with Crippen LogP contribution in [0.3, 0.4) is 0 Å². The Morgan fingerprint density at radius 1 is 1.24 bits per heavy atom. The second kappa shape index (κ2) is 6.28. The van der Waals surface area contributed by atoms with Gasteiger partial charge in [-0.15, -0.1) is 0 Å². The highest BCUT2D eigenvalue weighted by Gasteiger charge is 2.18. The normalized spacial score (nSPS) is 13.1. The van der Waals surface area contributed by atoms with E-state index in [4.69, 9.17) is 0 Å². The molecule has 0 aliphatic rings. The van der Waals surface area contributed by atoms with Gasteiger partial charge in [-0.1, -0.05) is 19.1 Å². The smallest absolute Gasteiger partial charge is 0.279 e. The van der Waals surface area contributed by atoms with E-state index >= 15 is 0 Å². The number of nitrogens with one attached hydrogen (secondary N) is 2. The summed E-state index contributed by atoms with van der Waals surface area (Å²) >= 11 is 0. The maximum Gasteiger partial charge on any atom is 0.279 e. The molecule has 2 N–H and O–H groups in total. The number of anilines is 1. The molecule has 1 heterocycles. The molecule has 2 rings (SSSR count). The zero-order valence-corrected chi connectivity index (χ0v) is 13.2. The average molecular weight is 308 g/mol. The van der Waals surface area contributed by atoms with Gasteiger partial charge in [0.15, 0.2) is 5.03 Å². The van der Waals surface area contributed by atoms with E-state index in [0.717, 1.165) is 12.1 Å². The molecule has 0 saturated carbocycles. The maximum absolute atomic E-state index is 12.2. The Labute approximate surface area is 125 Å². The van der Waals surface area contributed by atoms with Crippen LogP contribution in [0, 0.1) is 0 Å². The van der Waals surface area contributed by atoms with Crippen molar-refractivity contribution in [1.82, 2.24) is 15.1 Å². The van der Waals surface area contributed by atoms with Crippen LogP contribution >= 0.6 is 0 Å². The molecule has 0 amide bonds. The fourth-order valence-electron chi connectivity index (χ4n) is 2.10. The van der Waals surface area contributed by atoms with Gasteiger partial charge in [0.1, 0.15) is 0 Å². The highest BCUT2D eigenvalue weighted by atomic mass is 32.2. The van der Waals surface area contributed by atoms with Gasteiger partial charge in [-0.3, -0.25) is 9.40 Å². The summed E-state index contributed by atoms with van der Waals surface area (Å²) in [5, 5.41) is 7.31. The van der Waals surface area contributed by atoms with Crippen molar-refractivity contribution in [3.05, 3.63) is 42.1 Å². The van der Waals surface area contributed by atoms with Gasteiger partial charge in [-0.05, 0) is 37.2 Å². The summed E-state index contributed by atoms with van der Waals surface area (Å²) in [5.74, 6) is 0. The van der Waals surface area contributed by atoms with Crippen LogP contribution in [0.5, 0.6) is 0 Å². The van der Waals surface area contributed by atoms with Crippen molar-refractivity contribution in [2.45, 2.75) is 24.9 Å². The third-order valence-corrected chi connectivity index (χ3v) is 4.68. The Morgan fingerprint density at radius 3 is 2.43 bits per heavy atom. The Morgan fingerprint density at radius 2 is 1.90 bits per heavy atom. The van der Waals surface area contributed by atoms with Crippen LogP contribution in [0.1, 0.15) is 25.5 Å². The first kappa shape index (κ1) is 15.5. The molecule has 0 radical (unpaired) electrons. The molecule has 1 aromatic heterocycles. The van der Waals surface area contributed by atoms with Crippen molar-refractivity contribution in [2.24, 2.45) is 7.05 Å². The molecule has 0 saturated heterocycles. The van der Waals surface area contributed by atoms with Crippen LogP contribution in [0.2, 0.25) is 0 Å². The summed E-state index contributed by atoms with van der Waals surface area (Å²) < 4.78 is 28.3. The molecule has 21 heavy (non-hydrogen) atoms. The highest BCUT2D eigenvalue weighted by Crippen LogP contribution is 2.19. The standard InChI is InChI=1S/C14H20N4O2S/c1-4-15-11(2)12-5-7-13(8-6-12)17-21(19,20)14-9-10-16-18(14)3/h5-11,15,17H,4H2,1-3H3. The van der Waals surface area contributed by atoms with Crippen molar-refractivity contribution >= 4 is 15.7 Å². The summed E-state index contributed by atoms with van der Waals surface area (Å²) in [6, 6.07) is 9.04. The quantitative estimate of drug-likeness (QED) is 0.854. The lowest BCUT2D eigenvalue weighted by Crippen LogP contribution is -2.18. The lowest BCUT2D eigenvalue weighted by Gasteiger charge is -2.14. The molecule has 1 unspecified atom stereocenters. The predicted molar refractivity (Wildman–Crippen MR) is 82.6 cm³/mol. The van der Waals surface area contributed by atoms with Gasteiger partial charge in [0.25, 0.3) is 10.0 Å². The summed E-state index contributed by atoms with van der Waals surface area (Å²) in [5.41, 5.74) is 1.64. The van der Waals surface area contributed by atoms with Crippen LogP contribution in [-0.2, 0) is 17.1 Å². The minimum absolute atomic E-state index is 0.132. The van der Waals surface area contributed by atoms with Crippen LogP contribution in [0.25, 0.3) is 0 Å². The summed E-state index contributed by atoms with van der Waals surface area (Å²) in [6.07, 6.45) is 1.45. The Kier molecular flexibility index (Phi) is 4.64. The van der Waals surface area contributed by atoms with Crippen molar-refractivity contribution in [3.8, 4) is 0 Å². The van der Waals surface area contributed by atoms with Gasteiger partial charge in [0.2, 0.25) is 0 Å². The lowest BCUT2D eigenvalue weighted by atomic mass is 10.1. The van der Waals surface area contributed by atoms with E-state index in [1.54, 1.807) is 19.2 Å². The number of benzene rings is 1. The minimum atomic E-state index is -3.61. The molecule has 0 bridgehead atoms. The summed E-state index contributed by atoms with van der Waals surface area (Å²) in [6.45, 7) is 5.00. The fraction of sp³-hybridized carbons (Fsp3) is 0.357. The fourth-order valence-corrected chi connectivity index (χ4v) is 3.28. The molecule has 1 atom stereocenters. The van der Waals surface area contributed by atoms with E-state index in [1.165, 1.54) is 16.9 Å². The molecule has 0 spiro atoms. The third kappa shape index (κ3) is 3.62. The van der Waals surface area contributed by atoms with Crippen molar-refractivity contribution in [2.75, 3.05) is 11.3 Å². The first-order valence-electron chi connectivity index (χ1n) is 6.78. The molecular weight excluding hydrogens is 288 g/mol. The number of hydrogen-bond acceptors (Lipinski definition) is 4. The van der Waals surface area contributed by atoms with Gasteiger partial charge in [0, 0.05) is 18.8 Å². The van der Waals surface area contributed by atoms with Crippen LogP contribution < -0.4 is 10.0 Å². The van der Waals surface area contributed by atoms with E-state index in [-0.39, 0.29) is 11.1 Å². The number of aromatic nitrogens is 2. The molecule has 0 aliphatic heterocycles. The zero-order valence-electron chi connectivity index (χ0n) is 12.4. The molecule has 7 heteroatoms. The molecule has 0 aliphatic carbocycles. The molecular formula is C14H20N4O2S. The van der Waals surface area contributed by atoms with E-state index in [1.807, 2.05) is 19.1 Å². The van der Waals surface area contributed by atoms with E-state index in [9.17, 15) is 8.42 Å². The summed E-state index contributed by atoms with van der Waals surface area (Å²) in [7, 11) is -2.02. The van der Waals surface area contributed by atoms with E-state index < -0.39 is 10.0 Å². The third-order valence-electron chi connectivity index (χ3n) is 3.22.